The zero-order chi connectivity index (χ0) is 15.6. The fourth-order valence-electron chi connectivity index (χ4n) is 3.32. The predicted molar refractivity (Wildman–Crippen MR) is 89.1 cm³/mol. The molecule has 0 spiro atoms. The second-order valence-corrected chi connectivity index (χ2v) is 7.32. The molecule has 1 fully saturated rings. The second kappa shape index (κ2) is 7.02. The van der Waals surface area contributed by atoms with E-state index in [0.717, 1.165) is 6.42 Å². The van der Waals surface area contributed by atoms with Crippen LogP contribution in [0.4, 0.5) is 0 Å². The van der Waals surface area contributed by atoms with Crippen LogP contribution >= 0.6 is 23.2 Å². The van der Waals surface area contributed by atoms with Crippen molar-refractivity contribution in [3.05, 3.63) is 33.8 Å². The molecule has 1 aliphatic carbocycles. The van der Waals surface area contributed by atoms with Crippen molar-refractivity contribution in [3.8, 4) is 0 Å². The quantitative estimate of drug-likeness (QED) is 0.813. The molecule has 0 aromatic heterocycles. The number of halogens is 2. The van der Waals surface area contributed by atoms with E-state index >= 15 is 0 Å². The molecule has 0 bridgehead atoms. The number of carbonyl (C=O) groups excluding carboxylic acids is 1. The number of hydrogen-bond donors (Lipinski definition) is 1. The van der Waals surface area contributed by atoms with Gasteiger partial charge in [0.1, 0.15) is 0 Å². The van der Waals surface area contributed by atoms with Gasteiger partial charge in [-0.25, -0.2) is 0 Å². The molecule has 0 saturated heterocycles. The minimum absolute atomic E-state index is 0.157. The van der Waals surface area contributed by atoms with E-state index in [1.807, 2.05) is 0 Å². The fourth-order valence-corrected chi connectivity index (χ4v) is 3.89. The Hall–Kier alpha value is -0.730. The van der Waals surface area contributed by atoms with Crippen molar-refractivity contribution in [1.82, 2.24) is 5.32 Å². The Balaban J connectivity index is 2.17. The molecule has 0 heterocycles. The van der Waals surface area contributed by atoms with Gasteiger partial charge in [-0.05, 0) is 42.7 Å². The van der Waals surface area contributed by atoms with Crippen LogP contribution in [0, 0.1) is 17.8 Å². The van der Waals surface area contributed by atoms with Crippen molar-refractivity contribution >= 4 is 29.1 Å². The SMILES string of the molecule is CC(C)[C@@H]1CC[C@@H](C)C[C@H]1NC(=O)c1c(Cl)cccc1Cl. The van der Waals surface area contributed by atoms with E-state index in [0.29, 0.717) is 33.4 Å². The van der Waals surface area contributed by atoms with Crippen molar-refractivity contribution in [2.24, 2.45) is 17.8 Å². The maximum Gasteiger partial charge on any atom is 0.254 e. The van der Waals surface area contributed by atoms with Gasteiger partial charge in [0, 0.05) is 6.04 Å². The largest absolute Gasteiger partial charge is 0.349 e. The fraction of sp³-hybridized carbons (Fsp3) is 0.588. The van der Waals surface area contributed by atoms with Gasteiger partial charge in [0.05, 0.1) is 15.6 Å². The molecule has 1 aliphatic rings. The van der Waals surface area contributed by atoms with Gasteiger partial charge in [-0.2, -0.15) is 0 Å². The lowest BCUT2D eigenvalue weighted by molar-refractivity contribution is 0.0868. The molecular weight excluding hydrogens is 305 g/mol. The minimum Gasteiger partial charge on any atom is -0.349 e. The highest BCUT2D eigenvalue weighted by atomic mass is 35.5. The molecule has 0 unspecified atom stereocenters. The maximum atomic E-state index is 12.5. The van der Waals surface area contributed by atoms with Gasteiger partial charge in [0.2, 0.25) is 0 Å². The average molecular weight is 328 g/mol. The molecule has 1 amide bonds. The number of carbonyl (C=O) groups is 1. The Morgan fingerprint density at radius 2 is 1.86 bits per heavy atom. The van der Waals surface area contributed by atoms with Crippen LogP contribution in [0.1, 0.15) is 50.4 Å². The van der Waals surface area contributed by atoms with E-state index in [1.54, 1.807) is 18.2 Å². The summed E-state index contributed by atoms with van der Waals surface area (Å²) in [7, 11) is 0. The van der Waals surface area contributed by atoms with Crippen molar-refractivity contribution in [3.63, 3.8) is 0 Å². The summed E-state index contributed by atoms with van der Waals surface area (Å²) < 4.78 is 0. The third-order valence-electron chi connectivity index (χ3n) is 4.53. The minimum atomic E-state index is -0.157. The normalized spacial score (nSPS) is 25.9. The molecule has 3 atom stereocenters. The summed E-state index contributed by atoms with van der Waals surface area (Å²) in [4.78, 5) is 12.5. The zero-order valence-electron chi connectivity index (χ0n) is 12.8. The first kappa shape index (κ1) is 16.6. The lowest BCUT2D eigenvalue weighted by atomic mass is 9.74. The Morgan fingerprint density at radius 3 is 2.43 bits per heavy atom. The van der Waals surface area contributed by atoms with Crippen LogP contribution in [0.15, 0.2) is 18.2 Å². The molecule has 0 radical (unpaired) electrons. The average Bonchev–Trinajstić information content (AvgIpc) is 2.38. The summed E-state index contributed by atoms with van der Waals surface area (Å²) in [5.41, 5.74) is 0.390. The van der Waals surface area contributed by atoms with Gasteiger partial charge in [-0.3, -0.25) is 4.79 Å². The molecule has 1 saturated carbocycles. The molecule has 2 nitrogen and oxygen atoms in total. The summed E-state index contributed by atoms with van der Waals surface area (Å²) in [6.45, 7) is 6.70. The summed E-state index contributed by atoms with van der Waals surface area (Å²) in [6, 6.07) is 5.35. The van der Waals surface area contributed by atoms with E-state index < -0.39 is 0 Å². The van der Waals surface area contributed by atoms with E-state index in [4.69, 9.17) is 23.2 Å². The smallest absolute Gasteiger partial charge is 0.254 e. The summed E-state index contributed by atoms with van der Waals surface area (Å²) >= 11 is 12.2. The highest BCUT2D eigenvalue weighted by molar-refractivity contribution is 6.39. The van der Waals surface area contributed by atoms with E-state index in [9.17, 15) is 4.79 Å². The molecular formula is C17H23Cl2NO. The van der Waals surface area contributed by atoms with Gasteiger partial charge in [0.25, 0.3) is 5.91 Å². The van der Waals surface area contributed by atoms with Gasteiger partial charge >= 0.3 is 0 Å². The monoisotopic (exact) mass is 327 g/mol. The van der Waals surface area contributed by atoms with Gasteiger partial charge < -0.3 is 5.32 Å². The van der Waals surface area contributed by atoms with Crippen LogP contribution in [-0.4, -0.2) is 11.9 Å². The number of rotatable bonds is 3. The van der Waals surface area contributed by atoms with Crippen LogP contribution < -0.4 is 5.32 Å². The van der Waals surface area contributed by atoms with Gasteiger partial charge in [0.15, 0.2) is 0 Å². The second-order valence-electron chi connectivity index (χ2n) is 6.50. The zero-order valence-corrected chi connectivity index (χ0v) is 14.3. The highest BCUT2D eigenvalue weighted by Crippen LogP contribution is 2.34. The third-order valence-corrected chi connectivity index (χ3v) is 5.16. The van der Waals surface area contributed by atoms with Crippen molar-refractivity contribution in [2.45, 2.75) is 46.1 Å². The Morgan fingerprint density at radius 1 is 1.24 bits per heavy atom. The first-order valence-electron chi connectivity index (χ1n) is 7.65. The standard InChI is InChI=1S/C17H23Cl2NO/c1-10(2)12-8-7-11(3)9-15(12)20-17(21)16-13(18)5-4-6-14(16)19/h4-6,10-12,15H,7-9H2,1-3H3,(H,20,21)/t11-,12+,15-/m1/s1. The van der Waals surface area contributed by atoms with Crippen LogP contribution in [0.5, 0.6) is 0 Å². The van der Waals surface area contributed by atoms with E-state index in [1.165, 1.54) is 12.8 Å². The first-order chi connectivity index (χ1) is 9.90. The van der Waals surface area contributed by atoms with E-state index in [2.05, 4.69) is 26.1 Å². The third kappa shape index (κ3) is 3.92. The van der Waals surface area contributed by atoms with Gasteiger partial charge in [-0.15, -0.1) is 0 Å². The Labute approximate surface area is 137 Å². The molecule has 1 aromatic carbocycles. The van der Waals surface area contributed by atoms with E-state index in [-0.39, 0.29) is 11.9 Å². The van der Waals surface area contributed by atoms with Crippen LogP contribution in [-0.2, 0) is 0 Å². The van der Waals surface area contributed by atoms with Crippen LogP contribution in [0.3, 0.4) is 0 Å². The summed E-state index contributed by atoms with van der Waals surface area (Å²) in [5, 5.41) is 3.99. The molecule has 116 valence electrons. The molecule has 4 heteroatoms. The topological polar surface area (TPSA) is 29.1 Å². The number of benzene rings is 1. The summed E-state index contributed by atoms with van der Waals surface area (Å²) in [6.07, 6.45) is 3.43. The lowest BCUT2D eigenvalue weighted by Crippen LogP contribution is -2.45. The first-order valence-corrected chi connectivity index (χ1v) is 8.40. The Kier molecular flexibility index (Phi) is 5.56. The van der Waals surface area contributed by atoms with Crippen molar-refractivity contribution < 1.29 is 4.79 Å². The molecule has 1 N–H and O–H groups in total. The van der Waals surface area contributed by atoms with Crippen LogP contribution in [0.25, 0.3) is 0 Å². The van der Waals surface area contributed by atoms with Crippen molar-refractivity contribution in [1.29, 1.82) is 0 Å². The predicted octanol–water partition coefficient (Wildman–Crippen LogP) is 5.18. The molecule has 0 aliphatic heterocycles. The lowest BCUT2D eigenvalue weighted by Gasteiger charge is -2.37. The molecule has 2 rings (SSSR count). The highest BCUT2D eigenvalue weighted by Gasteiger charge is 2.32. The number of hydrogen-bond acceptors (Lipinski definition) is 1. The summed E-state index contributed by atoms with van der Waals surface area (Å²) in [5.74, 6) is 1.57. The van der Waals surface area contributed by atoms with Crippen LogP contribution in [0.2, 0.25) is 10.0 Å². The number of nitrogens with one attached hydrogen (secondary N) is 1. The number of amides is 1. The maximum absolute atomic E-state index is 12.5. The Bertz CT molecular complexity index is 495. The molecule has 1 aromatic rings. The van der Waals surface area contributed by atoms with Crippen molar-refractivity contribution in [2.75, 3.05) is 0 Å². The van der Waals surface area contributed by atoms with Gasteiger partial charge in [-0.1, -0.05) is 56.5 Å². The molecule has 21 heavy (non-hydrogen) atoms.